The zero-order valence-electron chi connectivity index (χ0n) is 10.8. The number of hydrogen-bond donors (Lipinski definition) is 1. The molecule has 0 saturated heterocycles. The Morgan fingerprint density at radius 1 is 1.22 bits per heavy atom. The summed E-state index contributed by atoms with van der Waals surface area (Å²) in [6.07, 6.45) is 10.4. The molecule has 1 aromatic rings. The highest BCUT2D eigenvalue weighted by Gasteiger charge is 2.35. The monoisotopic (exact) mass is 263 g/mol. The van der Waals surface area contributed by atoms with E-state index in [1.54, 1.807) is 0 Å². The number of aromatic nitrogens is 1. The maximum absolute atomic E-state index is 4.66. The van der Waals surface area contributed by atoms with Gasteiger partial charge in [-0.1, -0.05) is 0 Å². The third-order valence-electron chi connectivity index (χ3n) is 4.07. The molecule has 4 heteroatoms. The lowest BCUT2D eigenvalue weighted by Gasteiger charge is -2.21. The van der Waals surface area contributed by atoms with Crippen molar-refractivity contribution in [2.45, 2.75) is 57.2 Å². The van der Waals surface area contributed by atoms with Crippen LogP contribution in [0.2, 0.25) is 0 Å². The molecule has 3 saturated carbocycles. The van der Waals surface area contributed by atoms with Crippen LogP contribution in [0.15, 0.2) is 6.20 Å². The Morgan fingerprint density at radius 2 is 2.06 bits per heavy atom. The van der Waals surface area contributed by atoms with Crippen molar-refractivity contribution in [3.05, 3.63) is 11.1 Å². The lowest BCUT2D eigenvalue weighted by molar-refractivity contribution is 0.694. The quantitative estimate of drug-likeness (QED) is 0.820. The van der Waals surface area contributed by atoms with E-state index < -0.39 is 0 Å². The fourth-order valence-electron chi connectivity index (χ4n) is 2.39. The van der Waals surface area contributed by atoms with E-state index in [1.165, 1.54) is 55.1 Å². The van der Waals surface area contributed by atoms with E-state index in [1.807, 2.05) is 11.3 Å². The highest BCUT2D eigenvalue weighted by Crippen LogP contribution is 2.39. The second-order valence-corrected chi connectivity index (χ2v) is 7.18. The summed E-state index contributed by atoms with van der Waals surface area (Å²) < 4.78 is 0. The number of nitrogens with zero attached hydrogens (tertiary/aromatic N) is 2. The molecule has 0 amide bonds. The van der Waals surface area contributed by atoms with Crippen LogP contribution in [-0.4, -0.2) is 23.6 Å². The molecule has 0 aliphatic heterocycles. The Morgan fingerprint density at radius 3 is 2.72 bits per heavy atom. The summed E-state index contributed by atoms with van der Waals surface area (Å²) in [6.45, 7) is 2.28. The average Bonchev–Trinajstić information content (AvgIpc) is 3.21. The van der Waals surface area contributed by atoms with Gasteiger partial charge >= 0.3 is 0 Å². The first-order valence-corrected chi connectivity index (χ1v) is 8.15. The van der Waals surface area contributed by atoms with Crippen LogP contribution < -0.4 is 10.2 Å². The SMILES string of the molecule is c1nc(N(CC2CC2)C2CC2)sc1CNC1CC1. The second kappa shape index (κ2) is 4.49. The standard InChI is InChI=1S/C14H21N3S/c1-2-10(1)9-17(12-5-6-12)14-16-8-13(18-14)7-15-11-3-4-11/h8,10-12,15H,1-7,9H2. The minimum absolute atomic E-state index is 0.793. The molecule has 0 spiro atoms. The minimum atomic E-state index is 0.793. The number of hydrogen-bond acceptors (Lipinski definition) is 4. The normalized spacial score (nSPS) is 23.3. The molecule has 0 unspecified atom stereocenters. The molecular formula is C14H21N3S. The molecule has 0 atom stereocenters. The molecule has 3 fully saturated rings. The Balaban J connectivity index is 1.40. The predicted molar refractivity (Wildman–Crippen MR) is 75.1 cm³/mol. The van der Waals surface area contributed by atoms with E-state index in [4.69, 9.17) is 0 Å². The summed E-state index contributed by atoms with van der Waals surface area (Å²) in [7, 11) is 0. The van der Waals surface area contributed by atoms with Crippen molar-refractivity contribution in [3.63, 3.8) is 0 Å². The Labute approximate surface area is 113 Å². The first-order chi connectivity index (χ1) is 8.88. The highest BCUT2D eigenvalue weighted by molar-refractivity contribution is 7.15. The second-order valence-electron chi connectivity index (χ2n) is 6.09. The lowest BCUT2D eigenvalue weighted by atomic mass is 10.4. The van der Waals surface area contributed by atoms with Gasteiger partial charge in [0.25, 0.3) is 0 Å². The number of thiazole rings is 1. The molecule has 1 aromatic heterocycles. The van der Waals surface area contributed by atoms with Gasteiger partial charge in [0, 0.05) is 36.2 Å². The van der Waals surface area contributed by atoms with Crippen LogP contribution >= 0.6 is 11.3 Å². The maximum atomic E-state index is 4.66. The zero-order valence-corrected chi connectivity index (χ0v) is 11.6. The van der Waals surface area contributed by atoms with Gasteiger partial charge in [0.15, 0.2) is 5.13 Å². The largest absolute Gasteiger partial charge is 0.345 e. The first kappa shape index (κ1) is 11.2. The summed E-state index contributed by atoms with van der Waals surface area (Å²) in [5.41, 5.74) is 0. The van der Waals surface area contributed by atoms with Crippen LogP contribution in [0.3, 0.4) is 0 Å². The molecule has 1 N–H and O–H groups in total. The van der Waals surface area contributed by atoms with E-state index in [0.717, 1.165) is 24.5 Å². The molecule has 0 bridgehead atoms. The Kier molecular flexibility index (Phi) is 2.81. The van der Waals surface area contributed by atoms with Crippen molar-refractivity contribution in [3.8, 4) is 0 Å². The van der Waals surface area contributed by atoms with Crippen LogP contribution in [0.1, 0.15) is 43.4 Å². The topological polar surface area (TPSA) is 28.2 Å². The van der Waals surface area contributed by atoms with Gasteiger partial charge in [-0.2, -0.15) is 0 Å². The van der Waals surface area contributed by atoms with Crippen molar-refractivity contribution in [1.29, 1.82) is 0 Å². The minimum Gasteiger partial charge on any atom is -0.345 e. The van der Waals surface area contributed by atoms with Gasteiger partial charge < -0.3 is 10.2 Å². The molecule has 1 heterocycles. The van der Waals surface area contributed by atoms with E-state index in [0.29, 0.717) is 0 Å². The van der Waals surface area contributed by atoms with Crippen molar-refractivity contribution in [2.24, 2.45) is 5.92 Å². The fraction of sp³-hybridized carbons (Fsp3) is 0.786. The van der Waals surface area contributed by atoms with Crippen molar-refractivity contribution in [2.75, 3.05) is 11.4 Å². The zero-order chi connectivity index (χ0) is 11.9. The summed E-state index contributed by atoms with van der Waals surface area (Å²) in [5.74, 6) is 0.961. The summed E-state index contributed by atoms with van der Waals surface area (Å²) in [5, 5.41) is 4.85. The van der Waals surface area contributed by atoms with Gasteiger partial charge in [0.1, 0.15) is 0 Å². The summed E-state index contributed by atoms with van der Waals surface area (Å²) >= 11 is 1.90. The maximum Gasteiger partial charge on any atom is 0.185 e. The fourth-order valence-corrected chi connectivity index (χ4v) is 3.33. The van der Waals surface area contributed by atoms with E-state index in [-0.39, 0.29) is 0 Å². The van der Waals surface area contributed by atoms with Gasteiger partial charge in [-0.15, -0.1) is 11.3 Å². The highest BCUT2D eigenvalue weighted by atomic mass is 32.1. The molecule has 4 rings (SSSR count). The van der Waals surface area contributed by atoms with Gasteiger partial charge in [-0.25, -0.2) is 4.98 Å². The number of nitrogens with one attached hydrogen (secondary N) is 1. The van der Waals surface area contributed by atoms with Crippen molar-refractivity contribution in [1.82, 2.24) is 10.3 Å². The van der Waals surface area contributed by atoms with Crippen LogP contribution in [0, 0.1) is 5.92 Å². The summed E-state index contributed by atoms with van der Waals surface area (Å²) in [6, 6.07) is 1.60. The molecule has 3 nitrogen and oxygen atoms in total. The molecule has 3 aliphatic rings. The van der Waals surface area contributed by atoms with Crippen molar-refractivity contribution < 1.29 is 0 Å². The summed E-state index contributed by atoms with van der Waals surface area (Å²) in [4.78, 5) is 8.65. The predicted octanol–water partition coefficient (Wildman–Crippen LogP) is 2.77. The number of anilines is 1. The molecule has 98 valence electrons. The van der Waals surface area contributed by atoms with Gasteiger partial charge in [-0.05, 0) is 44.4 Å². The van der Waals surface area contributed by atoms with Crippen LogP contribution in [-0.2, 0) is 6.54 Å². The Hall–Kier alpha value is -0.610. The average molecular weight is 263 g/mol. The molecule has 0 radical (unpaired) electrons. The van der Waals surface area contributed by atoms with E-state index in [2.05, 4.69) is 21.4 Å². The van der Waals surface area contributed by atoms with Crippen LogP contribution in [0.5, 0.6) is 0 Å². The first-order valence-electron chi connectivity index (χ1n) is 7.33. The van der Waals surface area contributed by atoms with E-state index >= 15 is 0 Å². The van der Waals surface area contributed by atoms with Crippen LogP contribution in [0.4, 0.5) is 5.13 Å². The van der Waals surface area contributed by atoms with Gasteiger partial charge in [0.05, 0.1) is 0 Å². The molecular weight excluding hydrogens is 242 g/mol. The third-order valence-corrected chi connectivity index (χ3v) is 5.10. The molecule has 0 aromatic carbocycles. The van der Waals surface area contributed by atoms with Gasteiger partial charge in [-0.3, -0.25) is 0 Å². The van der Waals surface area contributed by atoms with Crippen LogP contribution in [0.25, 0.3) is 0 Å². The molecule has 18 heavy (non-hydrogen) atoms. The van der Waals surface area contributed by atoms with Crippen molar-refractivity contribution >= 4 is 16.5 Å². The molecule has 3 aliphatic carbocycles. The Bertz CT molecular complexity index is 418. The van der Waals surface area contributed by atoms with E-state index in [9.17, 15) is 0 Å². The lowest BCUT2D eigenvalue weighted by Crippen LogP contribution is -2.27. The third kappa shape index (κ3) is 2.69. The van der Waals surface area contributed by atoms with Gasteiger partial charge in [0.2, 0.25) is 0 Å². The number of rotatable bonds is 7. The smallest absolute Gasteiger partial charge is 0.185 e.